The molecule has 1 saturated carbocycles. The Morgan fingerprint density at radius 3 is 2.73 bits per heavy atom. The topological polar surface area (TPSA) is 32.3 Å². The van der Waals surface area contributed by atoms with Crippen LogP contribution in [0.2, 0.25) is 0 Å². The highest BCUT2D eigenvalue weighted by Crippen LogP contribution is 2.32. The lowest BCUT2D eigenvalue weighted by molar-refractivity contribution is 0.0430. The second kappa shape index (κ2) is 5.27. The minimum atomic E-state index is -0.0400. The Morgan fingerprint density at radius 2 is 2.20 bits per heavy atom. The van der Waals surface area contributed by atoms with E-state index in [1.165, 1.54) is 4.88 Å². The summed E-state index contributed by atoms with van der Waals surface area (Å²) in [6, 6.07) is 2.14. The molecule has 1 aliphatic carbocycles. The number of hydrogen-bond acceptors (Lipinski definition) is 3. The predicted molar refractivity (Wildman–Crippen MR) is 70.2 cm³/mol. The van der Waals surface area contributed by atoms with Crippen LogP contribution in [-0.4, -0.2) is 17.8 Å². The summed E-state index contributed by atoms with van der Waals surface area (Å²) in [7, 11) is 0. The Bertz CT molecular complexity index is 317. The monoisotopic (exact) mass is 353 g/mol. The number of rotatable bonds is 4. The van der Waals surface area contributed by atoms with Gasteiger partial charge in [0.2, 0.25) is 0 Å². The molecule has 0 saturated heterocycles. The quantitative estimate of drug-likeness (QED) is 0.870. The minimum Gasteiger partial charge on any atom is -0.393 e. The summed E-state index contributed by atoms with van der Waals surface area (Å²) in [5.74, 6) is 0.673. The van der Waals surface area contributed by atoms with Crippen LogP contribution >= 0.6 is 43.2 Å². The zero-order chi connectivity index (χ0) is 10.8. The number of thiophene rings is 1. The molecular weight excluding hydrogens is 342 g/mol. The van der Waals surface area contributed by atoms with E-state index in [1.54, 1.807) is 11.3 Å². The van der Waals surface area contributed by atoms with Gasteiger partial charge in [0.1, 0.15) is 0 Å². The molecule has 0 radical (unpaired) electrons. The van der Waals surface area contributed by atoms with Crippen LogP contribution in [0.4, 0.5) is 0 Å². The van der Waals surface area contributed by atoms with Gasteiger partial charge >= 0.3 is 0 Å². The van der Waals surface area contributed by atoms with Gasteiger partial charge in [-0.15, -0.1) is 11.3 Å². The largest absolute Gasteiger partial charge is 0.393 e. The first-order chi connectivity index (χ1) is 7.15. The van der Waals surface area contributed by atoms with Crippen molar-refractivity contribution in [1.29, 1.82) is 0 Å². The average Bonchev–Trinajstić information content (AvgIpc) is 2.43. The standard InChI is InChI=1S/C10H13Br2NOS/c11-9-3-8(15-10(9)12)5-13-4-6-1-7(14)2-6/h3,6-7,13-14H,1-2,4-5H2. The molecule has 1 aromatic heterocycles. The summed E-state index contributed by atoms with van der Waals surface area (Å²) in [5, 5.41) is 12.6. The fourth-order valence-electron chi connectivity index (χ4n) is 1.75. The molecule has 15 heavy (non-hydrogen) atoms. The molecule has 1 aromatic rings. The third-order valence-corrected chi connectivity index (χ3v) is 5.90. The summed E-state index contributed by atoms with van der Waals surface area (Å²) in [4.78, 5) is 1.33. The molecule has 2 nitrogen and oxygen atoms in total. The van der Waals surface area contributed by atoms with Crippen molar-refractivity contribution in [3.63, 3.8) is 0 Å². The van der Waals surface area contributed by atoms with Gasteiger partial charge in [-0.25, -0.2) is 0 Å². The van der Waals surface area contributed by atoms with Gasteiger partial charge in [-0.2, -0.15) is 0 Å². The molecule has 1 heterocycles. The van der Waals surface area contributed by atoms with Gasteiger partial charge in [0.05, 0.1) is 9.89 Å². The van der Waals surface area contributed by atoms with E-state index in [0.29, 0.717) is 5.92 Å². The Morgan fingerprint density at radius 1 is 1.47 bits per heavy atom. The normalized spacial score (nSPS) is 25.3. The van der Waals surface area contributed by atoms with Gasteiger partial charge in [0.15, 0.2) is 0 Å². The smallest absolute Gasteiger partial charge is 0.0843 e. The van der Waals surface area contributed by atoms with Crippen molar-refractivity contribution in [2.24, 2.45) is 5.92 Å². The molecule has 0 amide bonds. The average molecular weight is 355 g/mol. The van der Waals surface area contributed by atoms with E-state index >= 15 is 0 Å². The minimum absolute atomic E-state index is 0.0400. The lowest BCUT2D eigenvalue weighted by Crippen LogP contribution is -2.35. The number of aliphatic hydroxyl groups is 1. The van der Waals surface area contributed by atoms with Crippen molar-refractivity contribution in [2.45, 2.75) is 25.5 Å². The van der Waals surface area contributed by atoms with Crippen LogP contribution < -0.4 is 5.32 Å². The number of aliphatic hydroxyl groups excluding tert-OH is 1. The van der Waals surface area contributed by atoms with Gasteiger partial charge in [-0.1, -0.05) is 0 Å². The SMILES string of the molecule is OC1CC(CNCc2cc(Br)c(Br)s2)C1. The van der Waals surface area contributed by atoms with Crippen LogP contribution in [-0.2, 0) is 6.54 Å². The Balaban J connectivity index is 1.69. The van der Waals surface area contributed by atoms with Crippen LogP contribution in [0.5, 0.6) is 0 Å². The molecule has 2 rings (SSSR count). The zero-order valence-corrected chi connectivity index (χ0v) is 12.2. The van der Waals surface area contributed by atoms with Crippen LogP contribution in [0.1, 0.15) is 17.7 Å². The number of hydrogen-bond donors (Lipinski definition) is 2. The van der Waals surface area contributed by atoms with E-state index in [0.717, 1.165) is 34.2 Å². The Hall–Kier alpha value is 0.580. The van der Waals surface area contributed by atoms with Crippen molar-refractivity contribution in [2.75, 3.05) is 6.54 Å². The van der Waals surface area contributed by atoms with E-state index in [2.05, 4.69) is 43.2 Å². The highest BCUT2D eigenvalue weighted by molar-refractivity contribution is 9.13. The number of halogens is 2. The first kappa shape index (κ1) is 12.0. The van der Waals surface area contributed by atoms with E-state index in [4.69, 9.17) is 5.11 Å². The van der Waals surface area contributed by atoms with Gasteiger partial charge < -0.3 is 10.4 Å². The van der Waals surface area contributed by atoms with Crippen molar-refractivity contribution >= 4 is 43.2 Å². The van der Waals surface area contributed by atoms with E-state index in [-0.39, 0.29) is 6.10 Å². The summed E-state index contributed by atoms with van der Waals surface area (Å²) >= 11 is 8.70. The van der Waals surface area contributed by atoms with Crippen molar-refractivity contribution in [3.8, 4) is 0 Å². The molecule has 0 bridgehead atoms. The predicted octanol–water partition coefficient (Wildman–Crippen LogP) is 3.13. The second-order valence-corrected chi connectivity index (χ2v) is 7.27. The molecule has 0 atom stereocenters. The van der Waals surface area contributed by atoms with E-state index in [9.17, 15) is 0 Å². The molecule has 0 unspecified atom stereocenters. The molecular formula is C10H13Br2NOS. The van der Waals surface area contributed by atoms with Crippen LogP contribution in [0.25, 0.3) is 0 Å². The van der Waals surface area contributed by atoms with Gasteiger partial charge in [0, 0.05) is 15.9 Å². The summed E-state index contributed by atoms with van der Waals surface area (Å²) < 4.78 is 2.28. The van der Waals surface area contributed by atoms with Gasteiger partial charge in [0.25, 0.3) is 0 Å². The van der Waals surface area contributed by atoms with Crippen LogP contribution in [0.15, 0.2) is 14.3 Å². The molecule has 2 N–H and O–H groups in total. The van der Waals surface area contributed by atoms with E-state index in [1.807, 2.05) is 0 Å². The maximum absolute atomic E-state index is 9.14. The maximum atomic E-state index is 9.14. The third-order valence-electron chi connectivity index (χ3n) is 2.64. The lowest BCUT2D eigenvalue weighted by Gasteiger charge is -2.31. The fourth-order valence-corrected chi connectivity index (χ4v) is 3.89. The maximum Gasteiger partial charge on any atom is 0.0843 e. The second-order valence-electron chi connectivity index (χ2n) is 3.96. The molecule has 84 valence electrons. The van der Waals surface area contributed by atoms with Crippen molar-refractivity contribution in [1.82, 2.24) is 5.32 Å². The lowest BCUT2D eigenvalue weighted by atomic mass is 9.82. The molecule has 1 aliphatic rings. The highest BCUT2D eigenvalue weighted by atomic mass is 79.9. The Kier molecular flexibility index (Phi) is 4.24. The first-order valence-corrected chi connectivity index (χ1v) is 7.38. The van der Waals surface area contributed by atoms with Crippen molar-refractivity contribution < 1.29 is 5.11 Å². The molecule has 0 aromatic carbocycles. The molecule has 0 aliphatic heterocycles. The van der Waals surface area contributed by atoms with Crippen LogP contribution in [0.3, 0.4) is 0 Å². The summed E-state index contributed by atoms with van der Waals surface area (Å²) in [6.45, 7) is 1.94. The number of nitrogens with one attached hydrogen (secondary N) is 1. The molecule has 0 spiro atoms. The van der Waals surface area contributed by atoms with Crippen molar-refractivity contribution in [3.05, 3.63) is 19.2 Å². The highest BCUT2D eigenvalue weighted by Gasteiger charge is 2.26. The summed E-state index contributed by atoms with van der Waals surface area (Å²) in [5.41, 5.74) is 0. The zero-order valence-electron chi connectivity index (χ0n) is 8.17. The molecule has 5 heteroatoms. The summed E-state index contributed by atoms with van der Waals surface area (Å²) in [6.07, 6.45) is 1.89. The fraction of sp³-hybridized carbons (Fsp3) is 0.600. The third kappa shape index (κ3) is 3.27. The van der Waals surface area contributed by atoms with Gasteiger partial charge in [-0.3, -0.25) is 0 Å². The Labute approximate surface area is 110 Å². The van der Waals surface area contributed by atoms with Gasteiger partial charge in [-0.05, 0) is 63.2 Å². The van der Waals surface area contributed by atoms with Crippen LogP contribution in [0, 0.1) is 5.92 Å². The van der Waals surface area contributed by atoms with E-state index < -0.39 is 0 Å². The first-order valence-electron chi connectivity index (χ1n) is 4.97. The molecule has 1 fully saturated rings.